The molecule has 0 spiro atoms. The second kappa shape index (κ2) is 4.87. The molecule has 2 heterocycles. The smallest absolute Gasteiger partial charge is 0.194 e. The lowest BCUT2D eigenvalue weighted by molar-refractivity contribution is 0.111. The number of fused-ring (bicyclic) bond motifs is 1. The summed E-state index contributed by atoms with van der Waals surface area (Å²) < 4.78 is 1.94. The van der Waals surface area contributed by atoms with Crippen molar-refractivity contribution < 1.29 is 4.79 Å². The van der Waals surface area contributed by atoms with E-state index in [1.165, 1.54) is 21.6 Å². The third-order valence-corrected chi connectivity index (χ3v) is 4.84. The largest absolute Gasteiger partial charge is 0.296 e. The topological polar surface area (TPSA) is 34.4 Å². The number of carbonyl (C=O) groups is 1. The molecule has 1 aromatic carbocycles. The van der Waals surface area contributed by atoms with Gasteiger partial charge in [-0.1, -0.05) is 23.8 Å². The number of aldehydes is 1. The zero-order valence-corrected chi connectivity index (χ0v) is 12.6. The van der Waals surface area contributed by atoms with Gasteiger partial charge in [-0.15, -0.1) is 11.3 Å². The van der Waals surface area contributed by atoms with Crippen molar-refractivity contribution in [2.24, 2.45) is 0 Å². The predicted octanol–water partition coefficient (Wildman–Crippen LogP) is 3.72. The number of aromatic nitrogens is 2. The SMILES string of the molecule is Cc1ccc(C)c(Cc2sc3ncc(C=O)n3c2C)c1. The van der Waals surface area contributed by atoms with Gasteiger partial charge in [0, 0.05) is 17.0 Å². The Balaban J connectivity index is 2.07. The summed E-state index contributed by atoms with van der Waals surface area (Å²) in [6.45, 7) is 6.31. The van der Waals surface area contributed by atoms with E-state index in [9.17, 15) is 4.79 Å². The number of rotatable bonds is 3. The average Bonchev–Trinajstić information content (AvgIpc) is 2.95. The molecule has 0 saturated carbocycles. The van der Waals surface area contributed by atoms with Gasteiger partial charge in [0.2, 0.25) is 0 Å². The third-order valence-electron chi connectivity index (χ3n) is 3.69. The Morgan fingerprint density at radius 3 is 2.85 bits per heavy atom. The van der Waals surface area contributed by atoms with Crippen LogP contribution in [0.5, 0.6) is 0 Å². The molecule has 3 aromatic rings. The van der Waals surface area contributed by atoms with Crippen LogP contribution in [0.25, 0.3) is 4.96 Å². The molecule has 102 valence electrons. The van der Waals surface area contributed by atoms with Crippen molar-refractivity contribution in [3.05, 3.63) is 57.4 Å². The number of imidazole rings is 1. The van der Waals surface area contributed by atoms with Crippen LogP contribution in [0.2, 0.25) is 0 Å². The summed E-state index contributed by atoms with van der Waals surface area (Å²) in [5.41, 5.74) is 5.66. The highest BCUT2D eigenvalue weighted by molar-refractivity contribution is 7.17. The molecule has 0 amide bonds. The van der Waals surface area contributed by atoms with Crippen LogP contribution in [0, 0.1) is 20.8 Å². The Kier molecular flexibility index (Phi) is 3.18. The molecule has 2 aromatic heterocycles. The van der Waals surface area contributed by atoms with Gasteiger partial charge >= 0.3 is 0 Å². The minimum absolute atomic E-state index is 0.626. The van der Waals surface area contributed by atoms with E-state index in [1.54, 1.807) is 17.5 Å². The van der Waals surface area contributed by atoms with Gasteiger partial charge < -0.3 is 0 Å². The van der Waals surface area contributed by atoms with Crippen LogP contribution in [0.4, 0.5) is 0 Å². The van der Waals surface area contributed by atoms with E-state index in [2.05, 4.69) is 44.0 Å². The van der Waals surface area contributed by atoms with Crippen LogP contribution in [-0.4, -0.2) is 15.7 Å². The first-order valence-corrected chi connectivity index (χ1v) is 7.39. The van der Waals surface area contributed by atoms with Crippen molar-refractivity contribution in [1.29, 1.82) is 0 Å². The minimum Gasteiger partial charge on any atom is -0.296 e. The van der Waals surface area contributed by atoms with E-state index in [0.717, 1.165) is 23.4 Å². The maximum Gasteiger partial charge on any atom is 0.194 e. The fraction of sp³-hybridized carbons (Fsp3) is 0.250. The Morgan fingerprint density at radius 2 is 2.10 bits per heavy atom. The molecule has 20 heavy (non-hydrogen) atoms. The first-order valence-electron chi connectivity index (χ1n) is 6.57. The molecule has 0 radical (unpaired) electrons. The molecule has 0 unspecified atom stereocenters. The minimum atomic E-state index is 0.626. The molecule has 0 aliphatic carbocycles. The summed E-state index contributed by atoms with van der Waals surface area (Å²) in [5, 5.41) is 0. The van der Waals surface area contributed by atoms with Crippen molar-refractivity contribution in [2.45, 2.75) is 27.2 Å². The molecule has 0 fully saturated rings. The molecule has 3 nitrogen and oxygen atoms in total. The Labute approximate surface area is 121 Å². The van der Waals surface area contributed by atoms with Crippen LogP contribution in [-0.2, 0) is 6.42 Å². The van der Waals surface area contributed by atoms with Crippen molar-refractivity contribution in [2.75, 3.05) is 0 Å². The van der Waals surface area contributed by atoms with Crippen molar-refractivity contribution in [3.63, 3.8) is 0 Å². The fourth-order valence-electron chi connectivity index (χ4n) is 2.48. The average molecular weight is 284 g/mol. The summed E-state index contributed by atoms with van der Waals surface area (Å²) in [6.07, 6.45) is 3.39. The van der Waals surface area contributed by atoms with Crippen molar-refractivity contribution in [3.8, 4) is 0 Å². The molecule has 4 heteroatoms. The van der Waals surface area contributed by atoms with Crippen LogP contribution in [0.3, 0.4) is 0 Å². The Hall–Kier alpha value is -1.94. The highest BCUT2D eigenvalue weighted by Crippen LogP contribution is 2.27. The number of hydrogen-bond acceptors (Lipinski definition) is 3. The van der Waals surface area contributed by atoms with Gasteiger partial charge in [0.15, 0.2) is 11.2 Å². The number of thiazole rings is 1. The number of carbonyl (C=O) groups excluding carboxylic acids is 1. The lowest BCUT2D eigenvalue weighted by atomic mass is 10.0. The van der Waals surface area contributed by atoms with Gasteiger partial charge in [0.05, 0.1) is 6.20 Å². The molecule has 0 aliphatic rings. The molecular formula is C16H16N2OS. The zero-order valence-electron chi connectivity index (χ0n) is 11.8. The van der Waals surface area contributed by atoms with Gasteiger partial charge in [-0.3, -0.25) is 9.20 Å². The molecule has 0 atom stereocenters. The maximum absolute atomic E-state index is 11.0. The quantitative estimate of drug-likeness (QED) is 0.687. The lowest BCUT2D eigenvalue weighted by Crippen LogP contribution is -1.96. The van der Waals surface area contributed by atoms with Crippen LogP contribution < -0.4 is 0 Å². The predicted molar refractivity (Wildman–Crippen MR) is 81.9 cm³/mol. The summed E-state index contributed by atoms with van der Waals surface area (Å²) >= 11 is 1.66. The van der Waals surface area contributed by atoms with Crippen LogP contribution in [0.15, 0.2) is 24.4 Å². The molecule has 3 rings (SSSR count). The Bertz CT molecular complexity index is 798. The van der Waals surface area contributed by atoms with Gasteiger partial charge in [-0.25, -0.2) is 4.98 Å². The number of nitrogens with zero attached hydrogens (tertiary/aromatic N) is 2. The first-order chi connectivity index (χ1) is 9.60. The molecular weight excluding hydrogens is 268 g/mol. The summed E-state index contributed by atoms with van der Waals surface area (Å²) in [6, 6.07) is 6.53. The van der Waals surface area contributed by atoms with Crippen LogP contribution in [0.1, 0.15) is 37.7 Å². The summed E-state index contributed by atoms with van der Waals surface area (Å²) in [4.78, 5) is 17.5. The van der Waals surface area contributed by atoms with E-state index in [1.807, 2.05) is 4.40 Å². The number of hydrogen-bond donors (Lipinski definition) is 0. The molecule has 0 bridgehead atoms. The van der Waals surface area contributed by atoms with E-state index < -0.39 is 0 Å². The Morgan fingerprint density at radius 1 is 1.30 bits per heavy atom. The number of aryl methyl sites for hydroxylation is 3. The fourth-order valence-corrected chi connectivity index (χ4v) is 3.60. The summed E-state index contributed by atoms with van der Waals surface area (Å²) in [7, 11) is 0. The molecule has 0 saturated heterocycles. The van der Waals surface area contributed by atoms with Gasteiger partial charge in [0.1, 0.15) is 5.69 Å². The number of benzene rings is 1. The third kappa shape index (κ3) is 2.06. The summed E-state index contributed by atoms with van der Waals surface area (Å²) in [5.74, 6) is 0. The van der Waals surface area contributed by atoms with Gasteiger partial charge in [-0.05, 0) is 31.9 Å². The zero-order chi connectivity index (χ0) is 14.3. The van der Waals surface area contributed by atoms with E-state index in [0.29, 0.717) is 5.69 Å². The second-order valence-corrected chi connectivity index (χ2v) is 6.20. The standard InChI is InChI=1S/C16H16N2OS/c1-10-4-5-11(2)13(6-10)7-15-12(3)18-14(9-19)8-17-16(18)20-15/h4-6,8-9H,7H2,1-3H3. The van der Waals surface area contributed by atoms with Gasteiger partial charge in [0.25, 0.3) is 0 Å². The lowest BCUT2D eigenvalue weighted by Gasteiger charge is -2.06. The van der Waals surface area contributed by atoms with Crippen LogP contribution >= 0.6 is 11.3 Å². The highest BCUT2D eigenvalue weighted by Gasteiger charge is 2.14. The monoisotopic (exact) mass is 284 g/mol. The van der Waals surface area contributed by atoms with E-state index in [4.69, 9.17) is 0 Å². The first kappa shape index (κ1) is 13.1. The van der Waals surface area contributed by atoms with Crippen molar-refractivity contribution in [1.82, 2.24) is 9.38 Å². The van der Waals surface area contributed by atoms with Crippen molar-refractivity contribution >= 4 is 22.6 Å². The molecule has 0 aliphatic heterocycles. The second-order valence-electron chi connectivity index (χ2n) is 5.14. The van der Waals surface area contributed by atoms with Gasteiger partial charge in [-0.2, -0.15) is 0 Å². The normalized spacial score (nSPS) is 11.2. The van der Waals surface area contributed by atoms with E-state index in [-0.39, 0.29) is 0 Å². The highest BCUT2D eigenvalue weighted by atomic mass is 32.1. The molecule has 0 N–H and O–H groups in total. The maximum atomic E-state index is 11.0. The van der Waals surface area contributed by atoms with E-state index >= 15 is 0 Å².